The van der Waals surface area contributed by atoms with E-state index in [1.54, 1.807) is 4.90 Å². The third-order valence-electron chi connectivity index (χ3n) is 5.31. The number of amides is 1. The van der Waals surface area contributed by atoms with Crippen molar-refractivity contribution in [3.8, 4) is 5.75 Å². The zero-order chi connectivity index (χ0) is 21.5. The Morgan fingerprint density at radius 1 is 1.20 bits per heavy atom. The van der Waals surface area contributed by atoms with E-state index in [4.69, 9.17) is 4.74 Å². The van der Waals surface area contributed by atoms with Crippen molar-refractivity contribution in [3.63, 3.8) is 0 Å². The minimum atomic E-state index is -0.217. The van der Waals surface area contributed by atoms with Crippen molar-refractivity contribution < 1.29 is 13.9 Å². The first-order valence-corrected chi connectivity index (χ1v) is 10.7. The number of ether oxygens (including phenoxy) is 1. The number of nitrogens with zero attached hydrogens (tertiary/aromatic N) is 1. The lowest BCUT2D eigenvalue weighted by Gasteiger charge is -2.19. The molecule has 30 heavy (non-hydrogen) atoms. The van der Waals surface area contributed by atoms with Crippen LogP contribution in [0.1, 0.15) is 55.1 Å². The highest BCUT2D eigenvalue weighted by Crippen LogP contribution is 2.24. The molecule has 0 bridgehead atoms. The summed E-state index contributed by atoms with van der Waals surface area (Å²) in [4.78, 5) is 14.5. The minimum absolute atomic E-state index is 0.00620. The molecule has 0 radical (unpaired) electrons. The maximum atomic E-state index is 13.1. The Kier molecular flexibility index (Phi) is 7.82. The first kappa shape index (κ1) is 22.2. The fraction of sp³-hybridized carbons (Fsp3) is 0.458. The molecule has 162 valence electrons. The Bertz CT molecular complexity index is 825. The largest absolute Gasteiger partial charge is 0.493 e. The molecule has 1 aliphatic heterocycles. The number of carbonyl (C=O) groups excluding carboxylic acids is 1. The molecule has 0 saturated carbocycles. The third-order valence-corrected chi connectivity index (χ3v) is 5.31. The second-order valence-electron chi connectivity index (χ2n) is 8.43. The van der Waals surface area contributed by atoms with E-state index in [9.17, 15) is 9.18 Å². The zero-order valence-electron chi connectivity index (χ0n) is 18.0. The van der Waals surface area contributed by atoms with Gasteiger partial charge in [0, 0.05) is 31.2 Å². The molecule has 1 amide bonds. The highest BCUT2D eigenvalue weighted by atomic mass is 19.1. The number of hydrogen-bond donors (Lipinski definition) is 2. The summed E-state index contributed by atoms with van der Waals surface area (Å²) in [5.41, 5.74) is 8.34. The van der Waals surface area contributed by atoms with Gasteiger partial charge in [0.25, 0.3) is 5.91 Å². The average molecular weight is 414 g/mol. The van der Waals surface area contributed by atoms with E-state index < -0.39 is 0 Å². The molecule has 0 aromatic heterocycles. The van der Waals surface area contributed by atoms with Crippen molar-refractivity contribution in [3.05, 3.63) is 65.5 Å². The van der Waals surface area contributed by atoms with Gasteiger partial charge in [-0.3, -0.25) is 15.6 Å². The van der Waals surface area contributed by atoms with Crippen LogP contribution >= 0.6 is 0 Å². The van der Waals surface area contributed by atoms with Crippen LogP contribution in [0.15, 0.2) is 48.5 Å². The van der Waals surface area contributed by atoms with E-state index in [1.807, 2.05) is 43.4 Å². The summed E-state index contributed by atoms with van der Waals surface area (Å²) in [7, 11) is 1.84. The molecule has 2 N–H and O–H groups in total. The van der Waals surface area contributed by atoms with E-state index in [1.165, 1.54) is 12.1 Å². The van der Waals surface area contributed by atoms with E-state index in [0.717, 1.165) is 30.6 Å². The predicted octanol–water partition coefficient (Wildman–Crippen LogP) is 4.32. The minimum Gasteiger partial charge on any atom is -0.493 e. The summed E-state index contributed by atoms with van der Waals surface area (Å²) in [6.45, 7) is 5.52. The Morgan fingerprint density at radius 2 is 1.97 bits per heavy atom. The molecule has 0 aliphatic carbocycles. The lowest BCUT2D eigenvalue weighted by atomic mass is 9.99. The molecule has 2 aromatic carbocycles. The molecule has 2 unspecified atom stereocenters. The van der Waals surface area contributed by atoms with Gasteiger partial charge in [-0.15, -0.1) is 0 Å². The molecule has 0 spiro atoms. The monoisotopic (exact) mass is 413 g/mol. The van der Waals surface area contributed by atoms with Gasteiger partial charge in [0.05, 0.1) is 6.61 Å². The maximum Gasteiger partial charge on any atom is 0.253 e. The molecule has 1 aliphatic rings. The number of halogens is 1. The first-order valence-electron chi connectivity index (χ1n) is 10.7. The molecular formula is C24H32FN3O2. The first-order chi connectivity index (χ1) is 14.4. The normalized spacial score (nSPS) is 18.6. The van der Waals surface area contributed by atoms with E-state index >= 15 is 0 Å². The van der Waals surface area contributed by atoms with Crippen molar-refractivity contribution in [2.45, 2.75) is 45.2 Å². The van der Waals surface area contributed by atoms with Crippen LogP contribution in [0.5, 0.6) is 5.75 Å². The lowest BCUT2D eigenvalue weighted by molar-refractivity contribution is 0.0791. The fourth-order valence-corrected chi connectivity index (χ4v) is 3.60. The third kappa shape index (κ3) is 6.28. The Hall–Kier alpha value is -2.44. The summed E-state index contributed by atoms with van der Waals surface area (Å²) in [6.07, 6.45) is 2.81. The van der Waals surface area contributed by atoms with Gasteiger partial charge in [-0.1, -0.05) is 32.0 Å². The molecule has 5 nitrogen and oxygen atoms in total. The van der Waals surface area contributed by atoms with Crippen molar-refractivity contribution in [2.24, 2.45) is 5.92 Å². The highest BCUT2D eigenvalue weighted by molar-refractivity contribution is 5.94. The van der Waals surface area contributed by atoms with Crippen LogP contribution in [0.4, 0.5) is 4.39 Å². The summed E-state index contributed by atoms with van der Waals surface area (Å²) >= 11 is 0. The number of carbonyl (C=O) groups is 1. The second-order valence-corrected chi connectivity index (χ2v) is 8.43. The standard InChI is InChI=1S/C24H32FN3O2/c1-17(2)16-30-22-8-4-6-19(14-22)24(29)28(3)13-5-7-21-15-23(27-26-21)18-9-11-20(25)12-10-18/h4,6,8-12,14,17,21,23,26-27H,5,7,13,15-16H2,1-3H3. The number of benzene rings is 2. The van der Waals surface area contributed by atoms with Crippen molar-refractivity contribution in [2.75, 3.05) is 20.2 Å². The molecule has 1 saturated heterocycles. The fourth-order valence-electron chi connectivity index (χ4n) is 3.60. The summed E-state index contributed by atoms with van der Waals surface area (Å²) in [6, 6.07) is 14.5. The van der Waals surface area contributed by atoms with Gasteiger partial charge < -0.3 is 9.64 Å². The van der Waals surface area contributed by atoms with Gasteiger partial charge in [0.2, 0.25) is 0 Å². The maximum absolute atomic E-state index is 13.1. The molecule has 2 atom stereocenters. The molecule has 2 aromatic rings. The van der Waals surface area contributed by atoms with Gasteiger partial charge in [-0.05, 0) is 61.1 Å². The molecular weight excluding hydrogens is 381 g/mol. The van der Waals surface area contributed by atoms with Gasteiger partial charge in [0.1, 0.15) is 11.6 Å². The van der Waals surface area contributed by atoms with Gasteiger partial charge >= 0.3 is 0 Å². The summed E-state index contributed by atoms with van der Waals surface area (Å²) in [5.74, 6) is 0.960. The van der Waals surface area contributed by atoms with Crippen LogP contribution in [0.2, 0.25) is 0 Å². The van der Waals surface area contributed by atoms with Crippen molar-refractivity contribution >= 4 is 5.91 Å². The smallest absolute Gasteiger partial charge is 0.253 e. The van der Waals surface area contributed by atoms with Gasteiger partial charge in [-0.25, -0.2) is 4.39 Å². The SMILES string of the molecule is CC(C)COc1cccc(C(=O)N(C)CCCC2CC(c3ccc(F)cc3)NN2)c1. The number of nitrogens with one attached hydrogen (secondary N) is 2. The summed E-state index contributed by atoms with van der Waals surface area (Å²) < 4.78 is 18.8. The van der Waals surface area contributed by atoms with Crippen molar-refractivity contribution in [1.82, 2.24) is 15.8 Å². The van der Waals surface area contributed by atoms with Crippen LogP contribution < -0.4 is 15.6 Å². The Balaban J connectivity index is 1.43. The average Bonchev–Trinajstić information content (AvgIpc) is 3.21. The van der Waals surface area contributed by atoms with E-state index in [-0.39, 0.29) is 17.8 Å². The zero-order valence-corrected chi connectivity index (χ0v) is 18.0. The Morgan fingerprint density at radius 3 is 2.70 bits per heavy atom. The Labute approximate surface area is 178 Å². The van der Waals surface area contributed by atoms with Gasteiger partial charge in [-0.2, -0.15) is 0 Å². The van der Waals surface area contributed by atoms with Crippen LogP contribution in [-0.4, -0.2) is 37.0 Å². The van der Waals surface area contributed by atoms with Crippen molar-refractivity contribution in [1.29, 1.82) is 0 Å². The highest BCUT2D eigenvalue weighted by Gasteiger charge is 2.24. The topological polar surface area (TPSA) is 53.6 Å². The molecule has 6 heteroatoms. The molecule has 1 fully saturated rings. The van der Waals surface area contributed by atoms with Crippen LogP contribution in [-0.2, 0) is 0 Å². The van der Waals surface area contributed by atoms with Crippen LogP contribution in [0, 0.1) is 11.7 Å². The van der Waals surface area contributed by atoms with Crippen LogP contribution in [0.25, 0.3) is 0 Å². The van der Waals surface area contributed by atoms with E-state index in [2.05, 4.69) is 24.7 Å². The van der Waals surface area contributed by atoms with Gasteiger partial charge in [0.15, 0.2) is 0 Å². The van der Waals surface area contributed by atoms with Crippen LogP contribution in [0.3, 0.4) is 0 Å². The number of hydrazine groups is 1. The summed E-state index contributed by atoms with van der Waals surface area (Å²) in [5, 5.41) is 0. The molecule has 1 heterocycles. The van der Waals surface area contributed by atoms with E-state index in [0.29, 0.717) is 30.7 Å². The quantitative estimate of drug-likeness (QED) is 0.643. The number of hydrogen-bond acceptors (Lipinski definition) is 4. The number of rotatable bonds is 9. The molecule has 3 rings (SSSR count). The second kappa shape index (κ2) is 10.5. The lowest BCUT2D eigenvalue weighted by Crippen LogP contribution is -2.32. The predicted molar refractivity (Wildman–Crippen MR) is 117 cm³/mol.